The SMILES string of the molecule is [SiH3]OCC(Oc1ccccc1)(Oc1ccccc1)Oc1ccccc1. The van der Waals surface area contributed by atoms with Crippen LogP contribution in [0.5, 0.6) is 17.2 Å². The predicted octanol–water partition coefficient (Wildman–Crippen LogP) is 3.17. The van der Waals surface area contributed by atoms with E-state index in [2.05, 4.69) is 0 Å². The Kier molecular flexibility index (Phi) is 5.72. The second kappa shape index (κ2) is 8.37. The Morgan fingerprint density at radius 2 is 0.880 bits per heavy atom. The molecule has 0 amide bonds. The zero-order chi connectivity index (χ0) is 17.4. The minimum absolute atomic E-state index is 0.137. The molecule has 0 saturated carbocycles. The van der Waals surface area contributed by atoms with E-state index >= 15 is 0 Å². The molecule has 5 heteroatoms. The van der Waals surface area contributed by atoms with Crippen LogP contribution in [0.3, 0.4) is 0 Å². The molecule has 0 heterocycles. The zero-order valence-electron chi connectivity index (χ0n) is 14.0. The number of benzene rings is 3. The number of para-hydroxylation sites is 3. The largest absolute Gasteiger partial charge is 0.440 e. The first kappa shape index (κ1) is 17.1. The molecule has 0 fully saturated rings. The third kappa shape index (κ3) is 4.85. The molecular formula is C20H20O4Si. The van der Waals surface area contributed by atoms with Gasteiger partial charge in [-0.25, -0.2) is 0 Å². The van der Waals surface area contributed by atoms with Crippen molar-refractivity contribution in [3.05, 3.63) is 91.0 Å². The Morgan fingerprint density at radius 3 is 1.16 bits per heavy atom. The lowest BCUT2D eigenvalue weighted by atomic mass is 10.3. The van der Waals surface area contributed by atoms with E-state index in [-0.39, 0.29) is 6.61 Å². The van der Waals surface area contributed by atoms with Crippen LogP contribution in [-0.2, 0) is 4.43 Å². The van der Waals surface area contributed by atoms with E-state index in [1.165, 1.54) is 0 Å². The van der Waals surface area contributed by atoms with Gasteiger partial charge in [0.15, 0.2) is 6.61 Å². The molecule has 0 N–H and O–H groups in total. The summed E-state index contributed by atoms with van der Waals surface area (Å²) in [4.78, 5) is 0. The second-order valence-electron chi connectivity index (χ2n) is 5.36. The van der Waals surface area contributed by atoms with Crippen molar-refractivity contribution in [3.63, 3.8) is 0 Å². The minimum Gasteiger partial charge on any atom is -0.419 e. The molecule has 0 aromatic heterocycles. The number of hydrogen-bond acceptors (Lipinski definition) is 4. The fraction of sp³-hybridized carbons (Fsp3) is 0.100. The van der Waals surface area contributed by atoms with Crippen LogP contribution >= 0.6 is 0 Å². The molecular weight excluding hydrogens is 332 g/mol. The smallest absolute Gasteiger partial charge is 0.419 e. The third-order valence-electron chi connectivity index (χ3n) is 3.37. The topological polar surface area (TPSA) is 36.9 Å². The first-order chi connectivity index (χ1) is 12.3. The molecule has 0 spiro atoms. The van der Waals surface area contributed by atoms with Gasteiger partial charge in [0.2, 0.25) is 0 Å². The molecule has 3 aromatic carbocycles. The van der Waals surface area contributed by atoms with E-state index in [0.29, 0.717) is 27.7 Å². The van der Waals surface area contributed by atoms with Crippen molar-refractivity contribution in [1.82, 2.24) is 0 Å². The average Bonchev–Trinajstić information content (AvgIpc) is 2.64. The van der Waals surface area contributed by atoms with Crippen molar-refractivity contribution in [2.24, 2.45) is 0 Å². The van der Waals surface area contributed by atoms with Gasteiger partial charge in [0.25, 0.3) is 0 Å². The molecule has 4 nitrogen and oxygen atoms in total. The predicted molar refractivity (Wildman–Crippen MR) is 99.8 cm³/mol. The molecule has 3 aromatic rings. The average molecular weight is 352 g/mol. The normalized spacial score (nSPS) is 11.0. The van der Waals surface area contributed by atoms with E-state index in [0.717, 1.165) is 0 Å². The second-order valence-corrected chi connectivity index (χ2v) is 5.94. The Morgan fingerprint density at radius 1 is 0.560 bits per heavy atom. The highest BCUT2D eigenvalue weighted by Gasteiger charge is 2.39. The summed E-state index contributed by atoms with van der Waals surface area (Å²) in [6.07, 6.45) is 0. The highest BCUT2D eigenvalue weighted by molar-refractivity contribution is 5.97. The Balaban J connectivity index is 1.94. The molecule has 3 rings (SSSR count). The molecule has 0 radical (unpaired) electrons. The van der Waals surface area contributed by atoms with Gasteiger partial charge in [0.1, 0.15) is 27.7 Å². The fourth-order valence-corrected chi connectivity index (χ4v) is 2.69. The fourth-order valence-electron chi connectivity index (χ4n) is 2.33. The first-order valence-corrected chi connectivity index (χ1v) is 8.82. The maximum Gasteiger partial charge on any atom is 0.440 e. The van der Waals surface area contributed by atoms with Gasteiger partial charge >= 0.3 is 5.97 Å². The summed E-state index contributed by atoms with van der Waals surface area (Å²) >= 11 is 0. The molecule has 0 aliphatic carbocycles. The van der Waals surface area contributed by atoms with Crippen molar-refractivity contribution in [2.75, 3.05) is 6.61 Å². The van der Waals surface area contributed by atoms with E-state index in [4.69, 9.17) is 18.6 Å². The van der Waals surface area contributed by atoms with Crippen LogP contribution < -0.4 is 14.2 Å². The lowest BCUT2D eigenvalue weighted by molar-refractivity contribution is -0.266. The van der Waals surface area contributed by atoms with Crippen molar-refractivity contribution in [3.8, 4) is 17.2 Å². The highest BCUT2D eigenvalue weighted by atomic mass is 28.2. The van der Waals surface area contributed by atoms with Gasteiger partial charge in [-0.05, 0) is 36.4 Å². The minimum atomic E-state index is -1.42. The van der Waals surface area contributed by atoms with E-state index in [1.54, 1.807) is 0 Å². The summed E-state index contributed by atoms with van der Waals surface area (Å²) in [5, 5.41) is 0. The van der Waals surface area contributed by atoms with Crippen molar-refractivity contribution in [1.29, 1.82) is 0 Å². The van der Waals surface area contributed by atoms with Crippen LogP contribution in [0.25, 0.3) is 0 Å². The van der Waals surface area contributed by atoms with Gasteiger partial charge in [-0.3, -0.25) is 0 Å². The monoisotopic (exact) mass is 352 g/mol. The summed E-state index contributed by atoms with van der Waals surface area (Å²) < 4.78 is 23.8. The van der Waals surface area contributed by atoms with Gasteiger partial charge < -0.3 is 18.6 Å². The zero-order valence-corrected chi connectivity index (χ0v) is 16.0. The van der Waals surface area contributed by atoms with Gasteiger partial charge in [-0.2, -0.15) is 0 Å². The quantitative estimate of drug-likeness (QED) is 0.461. The van der Waals surface area contributed by atoms with E-state index < -0.39 is 5.97 Å². The number of hydrogen-bond donors (Lipinski definition) is 0. The Labute approximate surface area is 150 Å². The standard InChI is InChI=1S/C20H20O4Si/c25-21-16-20(22-17-10-4-1-5-11-17,23-18-12-6-2-7-13-18)24-19-14-8-3-9-15-19/h1-15H,16H2,25H3. The van der Waals surface area contributed by atoms with E-state index in [1.807, 2.05) is 91.0 Å². The highest BCUT2D eigenvalue weighted by Crippen LogP contribution is 2.27. The maximum absolute atomic E-state index is 6.10. The number of rotatable bonds is 8. The molecule has 0 saturated heterocycles. The lowest BCUT2D eigenvalue weighted by Crippen LogP contribution is -2.52. The van der Waals surface area contributed by atoms with Crippen LogP contribution in [0.2, 0.25) is 0 Å². The van der Waals surface area contributed by atoms with Crippen LogP contribution in [0.4, 0.5) is 0 Å². The summed E-state index contributed by atoms with van der Waals surface area (Å²) in [7, 11) is 0.531. The van der Waals surface area contributed by atoms with Crippen LogP contribution in [0.1, 0.15) is 0 Å². The molecule has 0 atom stereocenters. The molecule has 0 aliphatic heterocycles. The summed E-state index contributed by atoms with van der Waals surface area (Å²) in [6.45, 7) is 0.137. The molecule has 0 bridgehead atoms. The van der Waals surface area contributed by atoms with Crippen molar-refractivity contribution in [2.45, 2.75) is 5.97 Å². The van der Waals surface area contributed by atoms with Crippen LogP contribution in [0, 0.1) is 0 Å². The van der Waals surface area contributed by atoms with E-state index in [9.17, 15) is 0 Å². The first-order valence-electron chi connectivity index (χ1n) is 8.01. The number of ether oxygens (including phenoxy) is 3. The molecule has 0 unspecified atom stereocenters. The lowest BCUT2D eigenvalue weighted by Gasteiger charge is -2.33. The summed E-state index contributed by atoms with van der Waals surface area (Å²) in [5.41, 5.74) is 0. The van der Waals surface area contributed by atoms with Gasteiger partial charge in [-0.1, -0.05) is 54.6 Å². The molecule has 25 heavy (non-hydrogen) atoms. The van der Waals surface area contributed by atoms with Gasteiger partial charge in [-0.15, -0.1) is 0 Å². The Bertz CT molecular complexity index is 649. The summed E-state index contributed by atoms with van der Waals surface area (Å²) in [5.74, 6) is 0.473. The van der Waals surface area contributed by atoms with Crippen LogP contribution in [-0.4, -0.2) is 23.1 Å². The van der Waals surface area contributed by atoms with Gasteiger partial charge in [0, 0.05) is 0 Å². The van der Waals surface area contributed by atoms with Crippen molar-refractivity contribution >= 4 is 10.5 Å². The Hall–Kier alpha value is -2.76. The molecule has 128 valence electrons. The van der Waals surface area contributed by atoms with Gasteiger partial charge in [0.05, 0.1) is 0 Å². The van der Waals surface area contributed by atoms with Crippen LogP contribution in [0.15, 0.2) is 91.0 Å². The molecule has 0 aliphatic rings. The summed E-state index contributed by atoms with van der Waals surface area (Å²) in [6, 6.07) is 28.3. The maximum atomic E-state index is 6.10. The third-order valence-corrected chi connectivity index (χ3v) is 3.66. The van der Waals surface area contributed by atoms with Crippen molar-refractivity contribution < 1.29 is 18.6 Å².